The molecule has 196 valence electrons. The minimum Gasteiger partial charge on any atom is -0.395 e. The molecule has 8 atom stereocenters. The second kappa shape index (κ2) is 17.8. The van der Waals surface area contributed by atoms with Crippen molar-refractivity contribution in [2.45, 2.75) is 109 Å². The van der Waals surface area contributed by atoms with Crippen molar-refractivity contribution in [3.8, 4) is 0 Å². The lowest BCUT2D eigenvalue weighted by molar-refractivity contribution is -0.234. The summed E-state index contributed by atoms with van der Waals surface area (Å²) in [5.41, 5.74) is 22.0. The van der Waals surface area contributed by atoms with E-state index in [2.05, 4.69) is 0 Å². The van der Waals surface area contributed by atoms with Gasteiger partial charge in [0.25, 0.3) is 0 Å². The summed E-state index contributed by atoms with van der Waals surface area (Å²) in [6.07, 6.45) is -4.67. The van der Waals surface area contributed by atoms with Crippen molar-refractivity contribution in [2.75, 3.05) is 20.8 Å². The van der Waals surface area contributed by atoms with Crippen molar-refractivity contribution in [1.82, 2.24) is 0 Å². The van der Waals surface area contributed by atoms with Crippen molar-refractivity contribution in [2.24, 2.45) is 22.9 Å². The number of nitrogens with two attached hydrogens (primary N) is 4. The fraction of sp³-hybridized carbons (Fsp3) is 1.00. The van der Waals surface area contributed by atoms with E-state index < -0.39 is 36.9 Å². The molecule has 0 bridgehead atoms. The largest absolute Gasteiger partial charge is 0.406 e. The number of ether oxygens (including phenoxy) is 4. The lowest BCUT2D eigenvalue weighted by Gasteiger charge is -2.36. The predicted molar refractivity (Wildman–Crippen MR) is 118 cm³/mol. The zero-order valence-electron chi connectivity index (χ0n) is 20.2. The van der Waals surface area contributed by atoms with Crippen molar-refractivity contribution in [1.29, 1.82) is 0 Å². The van der Waals surface area contributed by atoms with Crippen LogP contribution in [0.25, 0.3) is 0 Å². The first kappa shape index (κ1) is 33.6. The molecule has 0 aliphatic carbocycles. The van der Waals surface area contributed by atoms with Crippen molar-refractivity contribution in [3.63, 3.8) is 0 Å². The Morgan fingerprint density at radius 3 is 1.56 bits per heavy atom. The summed E-state index contributed by atoms with van der Waals surface area (Å²) in [7, 11) is 2.89. The van der Waals surface area contributed by atoms with Gasteiger partial charge in [-0.1, -0.05) is 27.7 Å². The highest BCUT2D eigenvalue weighted by Gasteiger charge is 2.45. The fourth-order valence-electron chi connectivity index (χ4n) is 3.04. The van der Waals surface area contributed by atoms with E-state index in [9.17, 15) is 13.2 Å². The third-order valence-corrected chi connectivity index (χ3v) is 4.82. The highest BCUT2D eigenvalue weighted by Crippen LogP contribution is 2.28. The van der Waals surface area contributed by atoms with E-state index in [1.807, 2.05) is 27.7 Å². The molecule has 0 radical (unpaired) electrons. The van der Waals surface area contributed by atoms with E-state index in [-0.39, 0.29) is 31.2 Å². The molecule has 32 heavy (non-hydrogen) atoms. The molecule has 2 heterocycles. The summed E-state index contributed by atoms with van der Waals surface area (Å²) in [4.78, 5) is 0. The summed E-state index contributed by atoms with van der Waals surface area (Å²) in [6, 6.07) is -2.81. The summed E-state index contributed by atoms with van der Waals surface area (Å²) in [6.45, 7) is 7.93. The number of methoxy groups -OCH3 is 2. The van der Waals surface area contributed by atoms with Gasteiger partial charge in [-0.2, -0.15) is 13.2 Å². The number of aliphatic hydroxyl groups is 1. The van der Waals surface area contributed by atoms with E-state index in [1.54, 1.807) is 7.11 Å². The molecule has 2 aliphatic rings. The molecular formula is C20H45F3N4O5. The molecule has 0 aromatic rings. The molecule has 12 heteroatoms. The van der Waals surface area contributed by atoms with E-state index in [0.717, 1.165) is 12.8 Å². The van der Waals surface area contributed by atoms with Crippen LogP contribution in [0.1, 0.15) is 53.4 Å². The van der Waals surface area contributed by atoms with Gasteiger partial charge in [-0.15, -0.1) is 0 Å². The van der Waals surface area contributed by atoms with Gasteiger partial charge in [-0.05, 0) is 25.7 Å². The number of hydrogen-bond donors (Lipinski definition) is 5. The number of hydrogen-bond acceptors (Lipinski definition) is 9. The van der Waals surface area contributed by atoms with Crippen LogP contribution in [0, 0.1) is 0 Å². The number of aliphatic hydroxyl groups excluding tert-OH is 1. The molecule has 0 amide bonds. The SMILES string of the molecule is CC.CC.CO[C@H]1OC(C(N)C(F)(F)F)CC[C@H]1N.CO[C@H]1OC(C(N)CO)CC[C@H]1N. The van der Waals surface area contributed by atoms with E-state index in [0.29, 0.717) is 6.42 Å². The van der Waals surface area contributed by atoms with Gasteiger partial charge in [0.05, 0.1) is 36.9 Å². The maximum atomic E-state index is 12.3. The van der Waals surface area contributed by atoms with Gasteiger partial charge in [0.2, 0.25) is 0 Å². The standard InChI is InChI=1S/C8H15F3N2O2.C8H18N2O3.2C2H6/c1-14-7-4(12)2-3-5(15-7)6(13)8(9,10)11;1-12-8-5(9)2-3-7(13-8)6(10)4-11;2*1-2/h4-7H,2-3,12-13H2,1H3;5-8,11H,2-4,9-10H2,1H3;2*1-2H3/t4-,5?,6?,7+;5-,6?,7?,8+;;/m11../s1. The first-order chi connectivity index (χ1) is 15.0. The van der Waals surface area contributed by atoms with Crippen LogP contribution in [0.5, 0.6) is 0 Å². The van der Waals surface area contributed by atoms with Gasteiger partial charge in [-0.3, -0.25) is 0 Å². The van der Waals surface area contributed by atoms with Crippen LogP contribution < -0.4 is 22.9 Å². The molecule has 2 rings (SSSR count). The predicted octanol–water partition coefficient (Wildman–Crippen LogP) is 1.19. The van der Waals surface area contributed by atoms with Crippen LogP contribution in [0.15, 0.2) is 0 Å². The van der Waals surface area contributed by atoms with E-state index in [1.165, 1.54) is 7.11 Å². The molecule has 9 N–H and O–H groups in total. The Hall–Kier alpha value is -0.570. The van der Waals surface area contributed by atoms with Gasteiger partial charge in [0.15, 0.2) is 12.6 Å². The molecule has 0 saturated carbocycles. The number of rotatable bonds is 5. The maximum absolute atomic E-state index is 12.3. The monoisotopic (exact) mass is 478 g/mol. The zero-order valence-corrected chi connectivity index (χ0v) is 20.2. The minimum atomic E-state index is -4.45. The van der Waals surface area contributed by atoms with E-state index in [4.69, 9.17) is 47.0 Å². The summed E-state index contributed by atoms with van der Waals surface area (Å²) in [5.74, 6) is 0. The van der Waals surface area contributed by atoms with Gasteiger partial charge in [0.1, 0.15) is 6.04 Å². The summed E-state index contributed by atoms with van der Waals surface area (Å²) in [5, 5.41) is 8.83. The molecule has 2 aliphatic heterocycles. The topological polar surface area (TPSA) is 161 Å². The average Bonchev–Trinajstić information content (AvgIpc) is 2.81. The lowest BCUT2D eigenvalue weighted by Crippen LogP contribution is -2.55. The average molecular weight is 479 g/mol. The highest BCUT2D eigenvalue weighted by atomic mass is 19.4. The smallest absolute Gasteiger partial charge is 0.395 e. The molecular weight excluding hydrogens is 433 g/mol. The Balaban J connectivity index is 0. The van der Waals surface area contributed by atoms with Crippen LogP contribution in [-0.2, 0) is 18.9 Å². The Kier molecular flexibility index (Phi) is 18.7. The van der Waals surface area contributed by atoms with Gasteiger partial charge >= 0.3 is 6.18 Å². The lowest BCUT2D eigenvalue weighted by atomic mass is 9.99. The minimum absolute atomic E-state index is 0.0731. The maximum Gasteiger partial charge on any atom is 0.406 e. The first-order valence-corrected chi connectivity index (χ1v) is 11.1. The van der Waals surface area contributed by atoms with Crippen LogP contribution in [-0.4, -0.2) is 81.1 Å². The Morgan fingerprint density at radius 1 is 0.844 bits per heavy atom. The molecule has 2 saturated heterocycles. The highest BCUT2D eigenvalue weighted by molar-refractivity contribution is 4.86. The Labute approximate surface area is 190 Å². The van der Waals surface area contributed by atoms with Gasteiger partial charge in [-0.25, -0.2) is 0 Å². The fourth-order valence-corrected chi connectivity index (χ4v) is 3.04. The van der Waals surface area contributed by atoms with Crippen LogP contribution in [0.3, 0.4) is 0 Å². The van der Waals surface area contributed by atoms with Gasteiger partial charge in [0, 0.05) is 14.2 Å². The molecule has 0 spiro atoms. The van der Waals surface area contributed by atoms with Crippen molar-refractivity contribution < 1.29 is 37.2 Å². The normalized spacial score (nSPS) is 32.1. The second-order valence-corrected chi connectivity index (χ2v) is 6.95. The third-order valence-electron chi connectivity index (χ3n) is 4.82. The number of halogens is 3. The number of alkyl halides is 3. The molecule has 9 nitrogen and oxygen atoms in total. The summed E-state index contributed by atoms with van der Waals surface area (Å²) >= 11 is 0. The summed E-state index contributed by atoms with van der Waals surface area (Å²) < 4.78 is 57.2. The molecule has 0 aromatic carbocycles. The van der Waals surface area contributed by atoms with E-state index >= 15 is 0 Å². The van der Waals surface area contributed by atoms with Gasteiger partial charge < -0.3 is 47.0 Å². The Bertz CT molecular complexity index is 452. The first-order valence-electron chi connectivity index (χ1n) is 11.1. The Morgan fingerprint density at radius 2 is 1.22 bits per heavy atom. The van der Waals surface area contributed by atoms with Crippen molar-refractivity contribution >= 4 is 0 Å². The van der Waals surface area contributed by atoms with Crippen LogP contribution >= 0.6 is 0 Å². The van der Waals surface area contributed by atoms with Crippen LogP contribution in [0.4, 0.5) is 13.2 Å². The molecule has 4 unspecified atom stereocenters. The second-order valence-electron chi connectivity index (χ2n) is 6.95. The van der Waals surface area contributed by atoms with Crippen molar-refractivity contribution in [3.05, 3.63) is 0 Å². The zero-order chi connectivity index (χ0) is 25.5. The molecule has 0 aromatic heterocycles. The van der Waals surface area contributed by atoms with Crippen LogP contribution in [0.2, 0.25) is 0 Å². The third kappa shape index (κ3) is 11.5. The molecule has 2 fully saturated rings. The quantitative estimate of drug-likeness (QED) is 0.391.